The van der Waals surface area contributed by atoms with Crippen LogP contribution in [0.3, 0.4) is 0 Å². The van der Waals surface area contributed by atoms with Crippen molar-refractivity contribution in [3.05, 3.63) is 70.9 Å². The summed E-state index contributed by atoms with van der Waals surface area (Å²) in [6, 6.07) is 13.3. The molecule has 0 aliphatic rings. The van der Waals surface area contributed by atoms with E-state index in [1.54, 1.807) is 18.5 Å². The Morgan fingerprint density at radius 2 is 1.79 bits per heavy atom. The lowest BCUT2D eigenvalue weighted by atomic mass is 10.2. The van der Waals surface area contributed by atoms with E-state index in [0.717, 1.165) is 10.4 Å². The fourth-order valence-electron chi connectivity index (χ4n) is 3.16. The number of hydrogen-bond donors (Lipinski definition) is 0. The van der Waals surface area contributed by atoms with Crippen molar-refractivity contribution in [3.63, 3.8) is 0 Å². The molecule has 0 N–H and O–H groups in total. The van der Waals surface area contributed by atoms with Crippen molar-refractivity contribution in [3.8, 4) is 11.5 Å². The van der Waals surface area contributed by atoms with Gasteiger partial charge in [-0.15, -0.1) is 0 Å². The van der Waals surface area contributed by atoms with E-state index in [1.165, 1.54) is 0 Å². The number of nitrogens with zero attached hydrogens (tertiary/aromatic N) is 5. The molecular weight excluding hydrogens is 358 g/mol. The Morgan fingerprint density at radius 3 is 2.46 bits per heavy atom. The fraction of sp³-hybridized carbons (Fsp3) is 0.200. The van der Waals surface area contributed by atoms with Crippen LogP contribution in [0, 0.1) is 6.92 Å². The molecule has 4 aromatic rings. The van der Waals surface area contributed by atoms with Crippen LogP contribution in [-0.4, -0.2) is 36.7 Å². The summed E-state index contributed by atoms with van der Waals surface area (Å²) in [6.07, 6.45) is 3.70. The highest BCUT2D eigenvalue weighted by atomic mass is 16.5. The molecule has 4 rings (SSSR count). The maximum atomic E-state index is 13.2. The molecule has 0 unspecified atom stereocenters. The van der Waals surface area contributed by atoms with E-state index in [1.807, 2.05) is 59.4 Å². The molecule has 0 radical (unpaired) electrons. The minimum absolute atomic E-state index is 0.245. The molecule has 0 amide bonds. The van der Waals surface area contributed by atoms with Gasteiger partial charge >= 0.3 is 5.97 Å². The Kier molecular flexibility index (Phi) is 4.52. The Hall–Kier alpha value is -3.68. The van der Waals surface area contributed by atoms with Crippen LogP contribution in [0.4, 0.5) is 0 Å². The van der Waals surface area contributed by atoms with Crippen LogP contribution in [0.2, 0.25) is 0 Å². The summed E-state index contributed by atoms with van der Waals surface area (Å²) in [4.78, 5) is 25.1. The highest BCUT2D eigenvalue weighted by Crippen LogP contribution is 2.24. The maximum Gasteiger partial charge on any atom is 0.327 e. The number of aryl methyl sites for hydroxylation is 1. The van der Waals surface area contributed by atoms with Crippen LogP contribution < -0.4 is 5.56 Å². The second-order valence-electron chi connectivity index (χ2n) is 6.24. The van der Waals surface area contributed by atoms with Gasteiger partial charge in [-0.2, -0.15) is 10.2 Å². The predicted octanol–water partition coefficient (Wildman–Crippen LogP) is 2.24. The molecule has 0 aliphatic heterocycles. The zero-order valence-electron chi connectivity index (χ0n) is 15.6. The number of ether oxygens (including phenoxy) is 1. The third kappa shape index (κ3) is 2.98. The van der Waals surface area contributed by atoms with Crippen LogP contribution in [0.5, 0.6) is 0 Å². The van der Waals surface area contributed by atoms with Gasteiger partial charge in [0.1, 0.15) is 17.4 Å². The smallest absolute Gasteiger partial charge is 0.327 e. The van der Waals surface area contributed by atoms with Crippen molar-refractivity contribution < 1.29 is 9.53 Å². The number of esters is 1. The van der Waals surface area contributed by atoms with E-state index >= 15 is 0 Å². The van der Waals surface area contributed by atoms with Gasteiger partial charge in [0.15, 0.2) is 5.82 Å². The molecule has 1 aromatic carbocycles. The summed E-state index contributed by atoms with van der Waals surface area (Å²) in [5, 5.41) is 9.33. The Balaban J connectivity index is 2.01. The van der Waals surface area contributed by atoms with Gasteiger partial charge in [0.2, 0.25) is 0 Å². The molecule has 0 bridgehead atoms. The second kappa shape index (κ2) is 7.15. The second-order valence-corrected chi connectivity index (χ2v) is 6.24. The van der Waals surface area contributed by atoms with Crippen molar-refractivity contribution >= 4 is 16.9 Å². The number of aromatic nitrogens is 5. The number of benzene rings is 1. The molecule has 0 spiro atoms. The minimum atomic E-state index is -0.506. The number of carbonyl (C=O) groups excluding carboxylic acids is 1. The average Bonchev–Trinajstić information content (AvgIpc) is 3.34. The first kappa shape index (κ1) is 17.7. The lowest BCUT2D eigenvalue weighted by Gasteiger charge is -2.09. The molecule has 8 nitrogen and oxygen atoms in total. The monoisotopic (exact) mass is 377 g/mol. The van der Waals surface area contributed by atoms with Crippen LogP contribution in [-0.2, 0) is 16.1 Å². The number of carbonyl (C=O) groups is 1. The molecule has 0 aliphatic carbocycles. The van der Waals surface area contributed by atoms with E-state index in [9.17, 15) is 9.59 Å². The van der Waals surface area contributed by atoms with Gasteiger partial charge in [-0.1, -0.05) is 18.2 Å². The SMILES string of the molecule is CCOC(=O)Cn1nc(C)c2nn(-c3ccccc3)c(-n3cccc3)c2c1=O. The van der Waals surface area contributed by atoms with Gasteiger partial charge in [-0.3, -0.25) is 9.59 Å². The van der Waals surface area contributed by atoms with Gasteiger partial charge in [0.25, 0.3) is 5.56 Å². The summed E-state index contributed by atoms with van der Waals surface area (Å²) >= 11 is 0. The summed E-state index contributed by atoms with van der Waals surface area (Å²) in [5.74, 6) is 0.0909. The summed E-state index contributed by atoms with van der Waals surface area (Å²) in [5.41, 5.74) is 1.48. The molecule has 0 saturated heterocycles. The highest BCUT2D eigenvalue weighted by molar-refractivity contribution is 5.88. The minimum Gasteiger partial charge on any atom is -0.465 e. The molecule has 28 heavy (non-hydrogen) atoms. The van der Waals surface area contributed by atoms with Crippen molar-refractivity contribution in [2.45, 2.75) is 20.4 Å². The third-order valence-corrected chi connectivity index (χ3v) is 4.36. The molecule has 0 fully saturated rings. The van der Waals surface area contributed by atoms with E-state index in [4.69, 9.17) is 4.74 Å². The van der Waals surface area contributed by atoms with Gasteiger partial charge in [0.05, 0.1) is 18.0 Å². The van der Waals surface area contributed by atoms with E-state index in [-0.39, 0.29) is 18.7 Å². The van der Waals surface area contributed by atoms with Crippen LogP contribution in [0.15, 0.2) is 59.7 Å². The highest BCUT2D eigenvalue weighted by Gasteiger charge is 2.22. The average molecular weight is 377 g/mol. The number of para-hydroxylation sites is 1. The molecule has 3 heterocycles. The summed E-state index contributed by atoms with van der Waals surface area (Å²) in [7, 11) is 0. The standard InChI is InChI=1S/C20H19N5O3/c1-3-28-16(26)13-24-20(27)17-18(14(2)21-24)22-25(15-9-5-4-6-10-15)19(17)23-11-7-8-12-23/h4-12H,3,13H2,1-2H3. The summed E-state index contributed by atoms with van der Waals surface area (Å²) in [6.45, 7) is 3.49. The topological polar surface area (TPSA) is 83.9 Å². The summed E-state index contributed by atoms with van der Waals surface area (Å²) < 4.78 is 9.65. The van der Waals surface area contributed by atoms with Crippen molar-refractivity contribution in [2.75, 3.05) is 6.61 Å². The molecule has 8 heteroatoms. The molecule has 0 atom stereocenters. The molecular formula is C20H19N5O3. The third-order valence-electron chi connectivity index (χ3n) is 4.36. The lowest BCUT2D eigenvalue weighted by Crippen LogP contribution is -2.28. The first-order valence-electron chi connectivity index (χ1n) is 8.95. The van der Waals surface area contributed by atoms with Gasteiger partial charge in [0, 0.05) is 12.4 Å². The Labute approximate surface area is 160 Å². The molecule has 3 aromatic heterocycles. The normalized spacial score (nSPS) is 11.1. The van der Waals surface area contributed by atoms with Crippen LogP contribution in [0.25, 0.3) is 22.4 Å². The van der Waals surface area contributed by atoms with Gasteiger partial charge in [-0.05, 0) is 38.1 Å². The van der Waals surface area contributed by atoms with Gasteiger partial charge in [-0.25, -0.2) is 9.36 Å². The van der Waals surface area contributed by atoms with Crippen LogP contribution >= 0.6 is 0 Å². The van der Waals surface area contributed by atoms with E-state index in [0.29, 0.717) is 22.4 Å². The predicted molar refractivity (Wildman–Crippen MR) is 104 cm³/mol. The fourth-order valence-corrected chi connectivity index (χ4v) is 3.16. The number of hydrogen-bond acceptors (Lipinski definition) is 5. The van der Waals surface area contributed by atoms with Gasteiger partial charge < -0.3 is 9.30 Å². The van der Waals surface area contributed by atoms with Crippen molar-refractivity contribution in [1.29, 1.82) is 0 Å². The van der Waals surface area contributed by atoms with Crippen molar-refractivity contribution in [2.24, 2.45) is 0 Å². The lowest BCUT2D eigenvalue weighted by molar-refractivity contribution is -0.144. The Bertz CT molecular complexity index is 1190. The zero-order valence-corrected chi connectivity index (χ0v) is 15.6. The molecule has 142 valence electrons. The number of fused-ring (bicyclic) bond motifs is 1. The zero-order chi connectivity index (χ0) is 19.7. The maximum absolute atomic E-state index is 13.2. The van der Waals surface area contributed by atoms with Crippen LogP contribution in [0.1, 0.15) is 12.6 Å². The van der Waals surface area contributed by atoms with Crippen molar-refractivity contribution in [1.82, 2.24) is 24.1 Å². The first-order chi connectivity index (χ1) is 13.6. The Morgan fingerprint density at radius 1 is 1.07 bits per heavy atom. The number of rotatable bonds is 5. The van der Waals surface area contributed by atoms with E-state index in [2.05, 4.69) is 10.2 Å². The molecule has 0 saturated carbocycles. The quantitative estimate of drug-likeness (QED) is 0.498. The first-order valence-corrected chi connectivity index (χ1v) is 8.95. The largest absolute Gasteiger partial charge is 0.465 e. The van der Waals surface area contributed by atoms with E-state index < -0.39 is 5.97 Å².